The van der Waals surface area contributed by atoms with E-state index in [1.54, 1.807) is 32.9 Å². The van der Waals surface area contributed by atoms with Crippen LogP contribution in [0.4, 0.5) is 13.2 Å². The molecule has 0 aliphatic rings. The first kappa shape index (κ1) is 26.5. The third kappa shape index (κ3) is 10.5. The number of carbonyl (C=O) groups is 1. The largest absolute Gasteiger partial charge is 0.459 e. The number of aryl methyl sites for hydroxylation is 1. The molecule has 0 aliphatic heterocycles. The summed E-state index contributed by atoms with van der Waals surface area (Å²) in [5.74, 6) is -1.02. The molecule has 0 saturated carbocycles. The van der Waals surface area contributed by atoms with Gasteiger partial charge in [0.25, 0.3) is 0 Å². The van der Waals surface area contributed by atoms with E-state index >= 15 is 0 Å². The molecule has 2 N–H and O–H groups in total. The lowest BCUT2D eigenvalue weighted by Crippen LogP contribution is -2.55. The number of rotatable bonds is 12. The summed E-state index contributed by atoms with van der Waals surface area (Å²) >= 11 is 0. The predicted molar refractivity (Wildman–Crippen MR) is 115 cm³/mol. The Bertz CT molecular complexity index is 653. The fourth-order valence-corrected chi connectivity index (χ4v) is 3.53. The molecule has 0 bridgehead atoms. The van der Waals surface area contributed by atoms with Crippen molar-refractivity contribution in [2.24, 2.45) is 5.73 Å². The highest BCUT2D eigenvalue weighted by Gasteiger charge is 2.47. The van der Waals surface area contributed by atoms with E-state index in [1.807, 2.05) is 12.1 Å². The molecule has 3 nitrogen and oxygen atoms in total. The Morgan fingerprint density at radius 3 is 2.00 bits per heavy atom. The number of benzene rings is 1. The van der Waals surface area contributed by atoms with E-state index in [0.717, 1.165) is 31.2 Å². The van der Waals surface area contributed by atoms with Gasteiger partial charge in [-0.1, -0.05) is 69.7 Å². The third-order valence-electron chi connectivity index (χ3n) is 5.00. The highest BCUT2D eigenvalue weighted by atomic mass is 19.4. The topological polar surface area (TPSA) is 52.3 Å². The monoisotopic (exact) mass is 429 g/mol. The first-order valence-electron chi connectivity index (χ1n) is 11.0. The molecule has 0 radical (unpaired) electrons. The molecule has 1 aromatic rings. The maximum absolute atomic E-state index is 13.2. The second-order valence-electron chi connectivity index (χ2n) is 9.27. The van der Waals surface area contributed by atoms with Gasteiger partial charge >= 0.3 is 12.1 Å². The van der Waals surface area contributed by atoms with Crippen molar-refractivity contribution < 1.29 is 22.7 Å². The molecule has 0 unspecified atom stereocenters. The van der Waals surface area contributed by atoms with Crippen LogP contribution in [0.15, 0.2) is 24.3 Å². The van der Waals surface area contributed by atoms with Crippen molar-refractivity contribution in [2.45, 2.75) is 109 Å². The van der Waals surface area contributed by atoms with E-state index in [4.69, 9.17) is 10.5 Å². The molecule has 0 saturated heterocycles. The number of unbranched alkanes of at least 4 members (excludes halogenated alkanes) is 6. The van der Waals surface area contributed by atoms with Crippen LogP contribution in [-0.2, 0) is 22.4 Å². The van der Waals surface area contributed by atoms with E-state index in [2.05, 4.69) is 6.92 Å². The van der Waals surface area contributed by atoms with Gasteiger partial charge in [-0.2, -0.15) is 13.2 Å². The third-order valence-corrected chi connectivity index (χ3v) is 5.00. The molecule has 0 aliphatic carbocycles. The van der Waals surface area contributed by atoms with Gasteiger partial charge in [-0.05, 0) is 44.7 Å². The molecule has 6 heteroatoms. The van der Waals surface area contributed by atoms with Crippen molar-refractivity contribution in [3.05, 3.63) is 35.4 Å². The summed E-state index contributed by atoms with van der Waals surface area (Å²) in [5.41, 5.74) is 4.63. The summed E-state index contributed by atoms with van der Waals surface area (Å²) in [6.45, 7) is 7.04. The zero-order chi connectivity index (χ0) is 22.8. The summed E-state index contributed by atoms with van der Waals surface area (Å²) in [5, 5.41) is 0. The lowest BCUT2D eigenvalue weighted by Gasteiger charge is -2.32. The van der Waals surface area contributed by atoms with Gasteiger partial charge in [0, 0.05) is 6.42 Å². The molecule has 172 valence electrons. The molecular weight excluding hydrogens is 391 g/mol. The van der Waals surface area contributed by atoms with Gasteiger partial charge in [-0.25, -0.2) is 0 Å². The highest BCUT2D eigenvalue weighted by Crippen LogP contribution is 2.31. The first-order chi connectivity index (χ1) is 13.9. The van der Waals surface area contributed by atoms with Gasteiger partial charge in [0.05, 0.1) is 6.42 Å². The van der Waals surface area contributed by atoms with Crippen LogP contribution in [0.1, 0.15) is 90.2 Å². The molecule has 0 spiro atoms. The fourth-order valence-electron chi connectivity index (χ4n) is 3.53. The Kier molecular flexibility index (Phi) is 10.4. The second-order valence-corrected chi connectivity index (χ2v) is 9.27. The summed E-state index contributed by atoms with van der Waals surface area (Å²) in [6.07, 6.45) is 2.72. The number of esters is 1. The van der Waals surface area contributed by atoms with Crippen LogP contribution in [0.25, 0.3) is 0 Å². The van der Waals surface area contributed by atoms with Gasteiger partial charge in [0.15, 0.2) is 0 Å². The van der Waals surface area contributed by atoms with Crippen LogP contribution >= 0.6 is 0 Å². The summed E-state index contributed by atoms with van der Waals surface area (Å²) in [4.78, 5) is 12.6. The van der Waals surface area contributed by atoms with Gasteiger partial charge in [-0.3, -0.25) is 4.79 Å². The van der Waals surface area contributed by atoms with Crippen molar-refractivity contribution in [1.29, 1.82) is 0 Å². The van der Waals surface area contributed by atoms with Crippen LogP contribution in [0.5, 0.6) is 0 Å². The maximum atomic E-state index is 13.2. The summed E-state index contributed by atoms with van der Waals surface area (Å²) < 4.78 is 44.9. The molecule has 1 rings (SSSR count). The smallest absolute Gasteiger partial charge is 0.391 e. The van der Waals surface area contributed by atoms with Gasteiger partial charge in [0.2, 0.25) is 0 Å². The number of halogens is 3. The molecule has 0 amide bonds. The van der Waals surface area contributed by atoms with Crippen LogP contribution in [-0.4, -0.2) is 23.3 Å². The Hall–Kier alpha value is -1.56. The lowest BCUT2D eigenvalue weighted by atomic mass is 9.85. The van der Waals surface area contributed by atoms with E-state index in [1.165, 1.54) is 25.7 Å². The van der Waals surface area contributed by atoms with Crippen molar-refractivity contribution in [1.82, 2.24) is 0 Å². The Labute approximate surface area is 179 Å². The van der Waals surface area contributed by atoms with Crippen LogP contribution in [0.2, 0.25) is 0 Å². The van der Waals surface area contributed by atoms with E-state index in [0.29, 0.717) is 5.56 Å². The molecule has 0 aromatic heterocycles. The van der Waals surface area contributed by atoms with Gasteiger partial charge in [0.1, 0.15) is 11.1 Å². The lowest BCUT2D eigenvalue weighted by molar-refractivity contribution is -0.179. The number of hydrogen-bond donors (Lipinski definition) is 1. The molecule has 0 fully saturated rings. The van der Waals surface area contributed by atoms with Crippen LogP contribution in [0.3, 0.4) is 0 Å². The Morgan fingerprint density at radius 2 is 1.47 bits per heavy atom. The van der Waals surface area contributed by atoms with Crippen LogP contribution in [0, 0.1) is 0 Å². The zero-order valence-electron chi connectivity index (χ0n) is 18.9. The number of hydrogen-bond acceptors (Lipinski definition) is 3. The van der Waals surface area contributed by atoms with E-state index < -0.39 is 29.7 Å². The predicted octanol–water partition coefficient (Wildman–Crippen LogP) is 6.51. The van der Waals surface area contributed by atoms with E-state index in [9.17, 15) is 18.0 Å². The SMILES string of the molecule is CCCCCCCCCc1ccccc1C[C@](N)(CC(F)(F)F)C(=O)OC(C)(C)C. The Balaban J connectivity index is 2.87. The minimum atomic E-state index is -4.57. The maximum Gasteiger partial charge on any atom is 0.391 e. The molecular formula is C24H38F3NO2. The summed E-state index contributed by atoms with van der Waals surface area (Å²) in [7, 11) is 0. The number of ether oxygens (including phenoxy) is 1. The normalized spacial score (nSPS) is 14.4. The quantitative estimate of drug-likeness (QED) is 0.304. The van der Waals surface area contributed by atoms with Crippen molar-refractivity contribution >= 4 is 5.97 Å². The van der Waals surface area contributed by atoms with Gasteiger partial charge in [-0.15, -0.1) is 0 Å². The van der Waals surface area contributed by atoms with Crippen molar-refractivity contribution in [2.75, 3.05) is 0 Å². The standard InChI is InChI=1S/C24H38F3NO2/c1-5-6-7-8-9-10-11-14-19-15-12-13-16-20(19)17-23(28,18-24(25,26)27)21(29)30-22(2,3)4/h12-13,15-16H,5-11,14,17-18,28H2,1-4H3/t23-/m0/s1. The fraction of sp³-hybridized carbons (Fsp3) is 0.708. The Morgan fingerprint density at radius 1 is 0.933 bits per heavy atom. The molecule has 1 atom stereocenters. The number of alkyl halides is 3. The number of nitrogens with two attached hydrogens (primary N) is 1. The summed E-state index contributed by atoms with van der Waals surface area (Å²) in [6, 6.07) is 7.32. The molecule has 0 heterocycles. The van der Waals surface area contributed by atoms with Crippen molar-refractivity contribution in [3.63, 3.8) is 0 Å². The zero-order valence-corrected chi connectivity index (χ0v) is 18.9. The minimum absolute atomic E-state index is 0.200. The average Bonchev–Trinajstić information content (AvgIpc) is 2.59. The number of carbonyl (C=O) groups excluding carboxylic acids is 1. The van der Waals surface area contributed by atoms with Gasteiger partial charge < -0.3 is 10.5 Å². The van der Waals surface area contributed by atoms with E-state index in [-0.39, 0.29) is 6.42 Å². The van der Waals surface area contributed by atoms with Crippen LogP contribution < -0.4 is 5.73 Å². The second kappa shape index (κ2) is 11.7. The molecule has 30 heavy (non-hydrogen) atoms. The first-order valence-corrected chi connectivity index (χ1v) is 11.0. The highest BCUT2D eigenvalue weighted by molar-refractivity contribution is 5.81. The minimum Gasteiger partial charge on any atom is -0.459 e. The average molecular weight is 430 g/mol. The van der Waals surface area contributed by atoms with Crippen molar-refractivity contribution in [3.8, 4) is 0 Å². The molecule has 1 aromatic carbocycles.